The highest BCUT2D eigenvalue weighted by Crippen LogP contribution is 2.22. The monoisotopic (exact) mass is 385 g/mol. The molecule has 0 saturated carbocycles. The largest absolute Gasteiger partial charge is 0.494 e. The number of nitrogens with zero attached hydrogens (tertiary/aromatic N) is 2. The van der Waals surface area contributed by atoms with Crippen molar-refractivity contribution in [1.29, 1.82) is 0 Å². The molecular weight excluding hydrogens is 366 g/mol. The first-order valence-corrected chi connectivity index (χ1v) is 9.17. The Morgan fingerprint density at radius 2 is 1.96 bits per heavy atom. The Hall–Kier alpha value is -2.86. The van der Waals surface area contributed by atoms with Gasteiger partial charge < -0.3 is 9.15 Å². The number of unbranched alkanes of at least 4 members (excludes halogenated alkanes) is 2. The van der Waals surface area contributed by atoms with Gasteiger partial charge in [0.25, 0.3) is 5.91 Å². The molecule has 27 heavy (non-hydrogen) atoms. The van der Waals surface area contributed by atoms with Crippen LogP contribution in [0.25, 0.3) is 11.5 Å². The van der Waals surface area contributed by atoms with E-state index in [1.165, 1.54) is 0 Å². The van der Waals surface area contributed by atoms with Crippen LogP contribution in [0, 0.1) is 0 Å². The number of anilines is 1. The van der Waals surface area contributed by atoms with Gasteiger partial charge in [0.15, 0.2) is 0 Å². The Morgan fingerprint density at radius 1 is 1.15 bits per heavy atom. The van der Waals surface area contributed by atoms with E-state index in [0.29, 0.717) is 28.8 Å². The number of hydrogen-bond acceptors (Lipinski definition) is 5. The molecule has 1 N–H and O–H groups in total. The summed E-state index contributed by atoms with van der Waals surface area (Å²) in [5, 5.41) is 11.0. The number of halogens is 1. The summed E-state index contributed by atoms with van der Waals surface area (Å²) in [5.41, 5.74) is 1.17. The van der Waals surface area contributed by atoms with Crippen LogP contribution < -0.4 is 10.1 Å². The van der Waals surface area contributed by atoms with Gasteiger partial charge in [0.1, 0.15) is 5.75 Å². The zero-order valence-corrected chi connectivity index (χ0v) is 15.7. The van der Waals surface area contributed by atoms with Crippen LogP contribution in [0.3, 0.4) is 0 Å². The molecule has 6 nitrogen and oxygen atoms in total. The standard InChI is InChI=1S/C20H20ClN3O3/c1-2-3-4-12-26-17-7-5-6-15(13-17)18(25)22-20-24-23-19(27-20)14-8-10-16(21)11-9-14/h5-11,13H,2-4,12H2,1H3,(H,22,24,25). The van der Waals surface area contributed by atoms with Crippen molar-refractivity contribution in [3.63, 3.8) is 0 Å². The van der Waals surface area contributed by atoms with Crippen molar-refractivity contribution in [1.82, 2.24) is 10.2 Å². The maximum atomic E-state index is 12.4. The van der Waals surface area contributed by atoms with Crippen LogP contribution in [-0.4, -0.2) is 22.7 Å². The Balaban J connectivity index is 1.63. The molecule has 140 valence electrons. The fraction of sp³-hybridized carbons (Fsp3) is 0.250. The Bertz CT molecular complexity index is 893. The fourth-order valence-electron chi connectivity index (χ4n) is 2.42. The van der Waals surface area contributed by atoms with Crippen LogP contribution in [0.2, 0.25) is 5.02 Å². The van der Waals surface area contributed by atoms with Gasteiger partial charge in [0.05, 0.1) is 6.61 Å². The van der Waals surface area contributed by atoms with Gasteiger partial charge >= 0.3 is 6.01 Å². The molecule has 0 bridgehead atoms. The molecule has 0 aliphatic rings. The quantitative estimate of drug-likeness (QED) is 0.538. The zero-order valence-electron chi connectivity index (χ0n) is 14.9. The maximum Gasteiger partial charge on any atom is 0.322 e. The van der Waals surface area contributed by atoms with E-state index in [0.717, 1.165) is 24.8 Å². The molecule has 0 aliphatic carbocycles. The maximum absolute atomic E-state index is 12.4. The van der Waals surface area contributed by atoms with Crippen molar-refractivity contribution in [2.24, 2.45) is 0 Å². The van der Waals surface area contributed by atoms with E-state index in [1.807, 2.05) is 6.07 Å². The lowest BCUT2D eigenvalue weighted by atomic mass is 10.2. The van der Waals surface area contributed by atoms with E-state index >= 15 is 0 Å². The van der Waals surface area contributed by atoms with Crippen molar-refractivity contribution in [3.8, 4) is 17.2 Å². The smallest absolute Gasteiger partial charge is 0.322 e. The Kier molecular flexibility index (Phi) is 6.44. The molecule has 0 saturated heterocycles. The average molecular weight is 386 g/mol. The van der Waals surface area contributed by atoms with E-state index in [2.05, 4.69) is 22.4 Å². The van der Waals surface area contributed by atoms with Crippen LogP contribution in [0.15, 0.2) is 52.9 Å². The van der Waals surface area contributed by atoms with Crippen LogP contribution in [0.4, 0.5) is 6.01 Å². The summed E-state index contributed by atoms with van der Waals surface area (Å²) in [7, 11) is 0. The second-order valence-electron chi connectivity index (χ2n) is 5.96. The van der Waals surface area contributed by atoms with Gasteiger partial charge in [-0.1, -0.05) is 42.5 Å². The van der Waals surface area contributed by atoms with E-state index in [9.17, 15) is 4.79 Å². The van der Waals surface area contributed by atoms with Crippen molar-refractivity contribution in [2.75, 3.05) is 11.9 Å². The molecular formula is C20H20ClN3O3. The van der Waals surface area contributed by atoms with Crippen molar-refractivity contribution in [3.05, 3.63) is 59.1 Å². The number of aromatic nitrogens is 2. The molecule has 1 aromatic heterocycles. The second-order valence-corrected chi connectivity index (χ2v) is 6.39. The Labute approximate surface area is 162 Å². The van der Waals surface area contributed by atoms with Gasteiger partial charge in [-0.2, -0.15) is 0 Å². The first-order chi connectivity index (χ1) is 13.2. The molecule has 1 amide bonds. The SMILES string of the molecule is CCCCCOc1cccc(C(=O)Nc2nnc(-c3ccc(Cl)cc3)o2)c1. The molecule has 3 rings (SSSR count). The van der Waals surface area contributed by atoms with Crippen molar-refractivity contribution < 1.29 is 13.9 Å². The predicted octanol–water partition coefficient (Wildman–Crippen LogP) is 5.21. The highest BCUT2D eigenvalue weighted by atomic mass is 35.5. The lowest BCUT2D eigenvalue weighted by Crippen LogP contribution is -2.12. The van der Waals surface area contributed by atoms with E-state index < -0.39 is 0 Å². The lowest BCUT2D eigenvalue weighted by molar-refractivity contribution is 0.102. The first-order valence-electron chi connectivity index (χ1n) is 8.79. The van der Waals surface area contributed by atoms with Crippen LogP contribution >= 0.6 is 11.6 Å². The molecule has 0 atom stereocenters. The summed E-state index contributed by atoms with van der Waals surface area (Å²) in [6.07, 6.45) is 3.24. The van der Waals surface area contributed by atoms with E-state index in [-0.39, 0.29) is 11.9 Å². The third-order valence-electron chi connectivity index (χ3n) is 3.85. The number of carbonyl (C=O) groups is 1. The minimum Gasteiger partial charge on any atom is -0.494 e. The molecule has 1 heterocycles. The number of benzene rings is 2. The third kappa shape index (κ3) is 5.31. The lowest BCUT2D eigenvalue weighted by Gasteiger charge is -2.07. The molecule has 2 aromatic carbocycles. The number of ether oxygens (including phenoxy) is 1. The number of hydrogen-bond donors (Lipinski definition) is 1. The van der Waals surface area contributed by atoms with Gasteiger partial charge in [-0.15, -0.1) is 5.10 Å². The first kappa shape index (κ1) is 18.9. The molecule has 7 heteroatoms. The van der Waals surface area contributed by atoms with Crippen LogP contribution in [0.5, 0.6) is 5.75 Å². The third-order valence-corrected chi connectivity index (χ3v) is 4.10. The normalized spacial score (nSPS) is 10.6. The number of carbonyl (C=O) groups excluding carboxylic acids is 1. The highest BCUT2D eigenvalue weighted by molar-refractivity contribution is 6.30. The van der Waals surface area contributed by atoms with Crippen molar-refractivity contribution in [2.45, 2.75) is 26.2 Å². The van der Waals surface area contributed by atoms with Gasteiger partial charge in [-0.3, -0.25) is 10.1 Å². The molecule has 0 fully saturated rings. The summed E-state index contributed by atoms with van der Waals surface area (Å²) in [6.45, 7) is 2.77. The summed E-state index contributed by atoms with van der Waals surface area (Å²) >= 11 is 5.87. The van der Waals surface area contributed by atoms with Crippen LogP contribution in [-0.2, 0) is 0 Å². The van der Waals surface area contributed by atoms with Gasteiger partial charge in [-0.25, -0.2) is 0 Å². The fourth-order valence-corrected chi connectivity index (χ4v) is 2.55. The molecule has 0 radical (unpaired) electrons. The zero-order chi connectivity index (χ0) is 19.1. The summed E-state index contributed by atoms with van der Waals surface area (Å²) in [5.74, 6) is 0.612. The van der Waals surface area contributed by atoms with E-state index in [1.54, 1.807) is 42.5 Å². The summed E-state index contributed by atoms with van der Waals surface area (Å²) < 4.78 is 11.2. The second kappa shape index (κ2) is 9.19. The number of nitrogens with one attached hydrogen (secondary N) is 1. The number of amides is 1. The molecule has 3 aromatic rings. The Morgan fingerprint density at radius 3 is 2.74 bits per heavy atom. The van der Waals surface area contributed by atoms with Gasteiger partial charge in [0.2, 0.25) is 5.89 Å². The van der Waals surface area contributed by atoms with Crippen LogP contribution in [0.1, 0.15) is 36.5 Å². The highest BCUT2D eigenvalue weighted by Gasteiger charge is 2.13. The average Bonchev–Trinajstić information content (AvgIpc) is 3.14. The number of rotatable bonds is 8. The van der Waals surface area contributed by atoms with Gasteiger partial charge in [0, 0.05) is 16.1 Å². The van der Waals surface area contributed by atoms with E-state index in [4.69, 9.17) is 20.8 Å². The predicted molar refractivity (Wildman–Crippen MR) is 104 cm³/mol. The summed E-state index contributed by atoms with van der Waals surface area (Å²) in [4.78, 5) is 12.4. The van der Waals surface area contributed by atoms with Crippen molar-refractivity contribution >= 4 is 23.5 Å². The minimum atomic E-state index is -0.347. The molecule has 0 spiro atoms. The minimum absolute atomic E-state index is 0.0271. The van der Waals surface area contributed by atoms with Gasteiger partial charge in [-0.05, 0) is 48.9 Å². The topological polar surface area (TPSA) is 77.2 Å². The molecule has 0 aliphatic heterocycles. The summed E-state index contributed by atoms with van der Waals surface area (Å²) in [6, 6.07) is 14.0. The molecule has 0 unspecified atom stereocenters.